The summed E-state index contributed by atoms with van der Waals surface area (Å²) < 4.78 is 4.49. The monoisotopic (exact) mass is 262 g/mol. The van der Waals surface area contributed by atoms with Crippen molar-refractivity contribution in [1.29, 1.82) is 0 Å². The van der Waals surface area contributed by atoms with Crippen LogP contribution in [0.5, 0.6) is 0 Å². The summed E-state index contributed by atoms with van der Waals surface area (Å²) in [6.45, 7) is 6.06. The molecular formula is C11H22N2O3S. The maximum Gasteiger partial charge on any atom is 0.323 e. The lowest BCUT2D eigenvalue weighted by atomic mass is 10.1. The van der Waals surface area contributed by atoms with Gasteiger partial charge in [0, 0.05) is 11.8 Å². The van der Waals surface area contributed by atoms with Crippen molar-refractivity contribution in [2.45, 2.75) is 32.9 Å². The molecule has 0 aliphatic heterocycles. The molecule has 0 aromatic heterocycles. The summed E-state index contributed by atoms with van der Waals surface area (Å²) >= 11 is 1.33. The van der Waals surface area contributed by atoms with Gasteiger partial charge in [-0.05, 0) is 12.8 Å². The van der Waals surface area contributed by atoms with Crippen molar-refractivity contribution < 1.29 is 14.3 Å². The molecule has 0 rings (SSSR count). The topological polar surface area (TPSA) is 81.4 Å². The molecule has 2 atom stereocenters. The molecule has 0 fully saturated rings. The average Bonchev–Trinajstić information content (AvgIpc) is 2.27. The van der Waals surface area contributed by atoms with E-state index in [2.05, 4.69) is 10.1 Å². The Balaban J connectivity index is 3.75. The summed E-state index contributed by atoms with van der Waals surface area (Å²) in [5, 5.41) is 2.88. The van der Waals surface area contributed by atoms with E-state index < -0.39 is 12.0 Å². The first-order valence-corrected chi connectivity index (χ1v) is 6.74. The fourth-order valence-electron chi connectivity index (χ4n) is 0.960. The predicted octanol–water partition coefficient (Wildman–Crippen LogP) is 0.381. The lowest BCUT2D eigenvalue weighted by molar-refractivity contribution is -0.141. The number of carbonyl (C=O) groups is 2. The number of nitrogens with one attached hydrogen (secondary N) is 1. The summed E-state index contributed by atoms with van der Waals surface area (Å²) in [6.07, 6.45) is 0. The van der Waals surface area contributed by atoms with Crippen molar-refractivity contribution in [2.24, 2.45) is 11.7 Å². The number of amides is 1. The van der Waals surface area contributed by atoms with Gasteiger partial charge in [0.2, 0.25) is 5.91 Å². The molecule has 6 heteroatoms. The summed E-state index contributed by atoms with van der Waals surface area (Å²) in [6, 6.07) is -0.516. The van der Waals surface area contributed by atoms with Gasteiger partial charge in [-0.25, -0.2) is 0 Å². The molecule has 0 saturated carbocycles. The highest BCUT2D eigenvalue weighted by Gasteiger charge is 2.15. The van der Waals surface area contributed by atoms with E-state index in [0.717, 1.165) is 0 Å². The normalized spacial score (nSPS) is 14.2. The third-order valence-corrected chi connectivity index (χ3v) is 3.48. The van der Waals surface area contributed by atoms with Gasteiger partial charge in [-0.15, -0.1) is 11.8 Å². The fraction of sp³-hybridized carbons (Fsp3) is 0.818. The van der Waals surface area contributed by atoms with Gasteiger partial charge < -0.3 is 15.8 Å². The van der Waals surface area contributed by atoms with Crippen molar-refractivity contribution in [1.82, 2.24) is 5.32 Å². The van der Waals surface area contributed by atoms with E-state index in [9.17, 15) is 9.59 Å². The highest BCUT2D eigenvalue weighted by Crippen LogP contribution is 2.04. The molecule has 0 bridgehead atoms. The van der Waals surface area contributed by atoms with Gasteiger partial charge in [-0.1, -0.05) is 13.8 Å². The number of nitrogens with two attached hydrogens (primary N) is 1. The third-order valence-electron chi connectivity index (χ3n) is 2.42. The van der Waals surface area contributed by atoms with Gasteiger partial charge in [-0.3, -0.25) is 9.59 Å². The third kappa shape index (κ3) is 7.23. The largest absolute Gasteiger partial charge is 0.468 e. The molecule has 0 spiro atoms. The number of hydrogen-bond donors (Lipinski definition) is 2. The Hall–Kier alpha value is -0.750. The van der Waals surface area contributed by atoms with Crippen LogP contribution in [-0.4, -0.2) is 42.6 Å². The number of esters is 1. The number of thioether (sulfide) groups is 1. The number of ether oxygens (including phenoxy) is 1. The highest BCUT2D eigenvalue weighted by molar-refractivity contribution is 8.00. The lowest BCUT2D eigenvalue weighted by Crippen LogP contribution is -2.38. The van der Waals surface area contributed by atoms with Crippen LogP contribution >= 0.6 is 11.8 Å². The number of methoxy groups -OCH3 is 1. The summed E-state index contributed by atoms with van der Waals surface area (Å²) in [5.41, 5.74) is 5.54. The Morgan fingerprint density at radius 2 is 1.94 bits per heavy atom. The van der Waals surface area contributed by atoms with Gasteiger partial charge in [0.15, 0.2) is 0 Å². The summed E-state index contributed by atoms with van der Waals surface area (Å²) in [5.74, 6) is 0.612. The molecule has 3 N–H and O–H groups in total. The van der Waals surface area contributed by atoms with Crippen LogP contribution in [0.25, 0.3) is 0 Å². The predicted molar refractivity (Wildman–Crippen MR) is 69.8 cm³/mol. The van der Waals surface area contributed by atoms with E-state index in [1.54, 1.807) is 0 Å². The Bertz CT molecular complexity index is 259. The Labute approximate surface area is 107 Å². The van der Waals surface area contributed by atoms with Crippen molar-refractivity contribution in [3.05, 3.63) is 0 Å². The first-order chi connectivity index (χ1) is 7.88. The zero-order valence-electron chi connectivity index (χ0n) is 10.9. The molecule has 0 aromatic rings. The van der Waals surface area contributed by atoms with Crippen LogP contribution in [0.3, 0.4) is 0 Å². The minimum atomic E-state index is -0.666. The minimum Gasteiger partial charge on any atom is -0.468 e. The van der Waals surface area contributed by atoms with Crippen LogP contribution in [0.1, 0.15) is 20.8 Å². The van der Waals surface area contributed by atoms with E-state index in [1.165, 1.54) is 18.9 Å². The maximum atomic E-state index is 11.5. The number of rotatable bonds is 7. The van der Waals surface area contributed by atoms with Crippen molar-refractivity contribution in [3.8, 4) is 0 Å². The zero-order chi connectivity index (χ0) is 13.4. The standard InChI is InChI=1S/C11H22N2O3S/c1-7(2)8(3)13-10(14)6-17-5-9(12)11(15)16-4/h7-9H,5-6,12H2,1-4H3,(H,13,14). The molecule has 2 unspecified atom stereocenters. The van der Waals surface area contributed by atoms with Crippen LogP contribution in [0, 0.1) is 5.92 Å². The molecule has 100 valence electrons. The smallest absolute Gasteiger partial charge is 0.323 e. The molecule has 5 nitrogen and oxygen atoms in total. The van der Waals surface area contributed by atoms with Gasteiger partial charge >= 0.3 is 5.97 Å². The van der Waals surface area contributed by atoms with E-state index in [1.807, 2.05) is 20.8 Å². The minimum absolute atomic E-state index is 0.0340. The van der Waals surface area contributed by atoms with Gasteiger partial charge in [0.25, 0.3) is 0 Å². The molecular weight excluding hydrogens is 240 g/mol. The van der Waals surface area contributed by atoms with Crippen LogP contribution < -0.4 is 11.1 Å². The van der Waals surface area contributed by atoms with E-state index in [4.69, 9.17) is 5.73 Å². The number of carbonyl (C=O) groups excluding carboxylic acids is 2. The Morgan fingerprint density at radius 1 is 1.35 bits per heavy atom. The maximum absolute atomic E-state index is 11.5. The molecule has 0 saturated heterocycles. The molecule has 1 amide bonds. The molecule has 0 aliphatic carbocycles. The van der Waals surface area contributed by atoms with Crippen LogP contribution in [0.4, 0.5) is 0 Å². The first-order valence-electron chi connectivity index (χ1n) is 5.59. The summed E-state index contributed by atoms with van der Waals surface area (Å²) in [7, 11) is 1.30. The molecule has 0 aliphatic rings. The second-order valence-corrected chi connectivity index (χ2v) is 5.28. The molecule has 17 heavy (non-hydrogen) atoms. The zero-order valence-corrected chi connectivity index (χ0v) is 11.7. The first kappa shape index (κ1) is 16.2. The second kappa shape index (κ2) is 8.36. The molecule has 0 heterocycles. The van der Waals surface area contributed by atoms with Crippen molar-refractivity contribution in [2.75, 3.05) is 18.6 Å². The Kier molecular flexibility index (Phi) is 7.99. The van der Waals surface area contributed by atoms with Crippen LogP contribution in [0.2, 0.25) is 0 Å². The molecule has 0 radical (unpaired) electrons. The SMILES string of the molecule is COC(=O)C(N)CSCC(=O)NC(C)C(C)C. The quantitative estimate of drug-likeness (QED) is 0.648. The van der Waals surface area contributed by atoms with Gasteiger partial charge in [0.1, 0.15) is 6.04 Å². The van der Waals surface area contributed by atoms with Gasteiger partial charge in [0.05, 0.1) is 12.9 Å². The van der Waals surface area contributed by atoms with Crippen LogP contribution in [-0.2, 0) is 14.3 Å². The molecule has 0 aromatic carbocycles. The highest BCUT2D eigenvalue weighted by atomic mass is 32.2. The van der Waals surface area contributed by atoms with E-state index in [-0.39, 0.29) is 11.9 Å². The van der Waals surface area contributed by atoms with Crippen LogP contribution in [0.15, 0.2) is 0 Å². The Morgan fingerprint density at radius 3 is 2.41 bits per heavy atom. The lowest BCUT2D eigenvalue weighted by Gasteiger charge is -2.17. The average molecular weight is 262 g/mol. The second-order valence-electron chi connectivity index (χ2n) is 4.24. The number of hydrogen-bond acceptors (Lipinski definition) is 5. The fourth-order valence-corrected chi connectivity index (χ4v) is 1.74. The summed E-state index contributed by atoms with van der Waals surface area (Å²) in [4.78, 5) is 22.5. The van der Waals surface area contributed by atoms with E-state index in [0.29, 0.717) is 17.4 Å². The van der Waals surface area contributed by atoms with E-state index >= 15 is 0 Å². The van der Waals surface area contributed by atoms with Gasteiger partial charge in [-0.2, -0.15) is 0 Å². The van der Waals surface area contributed by atoms with Crippen molar-refractivity contribution >= 4 is 23.6 Å². The van der Waals surface area contributed by atoms with Crippen molar-refractivity contribution in [3.63, 3.8) is 0 Å².